The van der Waals surface area contributed by atoms with E-state index in [9.17, 15) is 14.4 Å². The Kier molecular flexibility index (Phi) is 7.02. The van der Waals surface area contributed by atoms with Crippen LogP contribution in [-0.2, 0) is 20.7 Å². The van der Waals surface area contributed by atoms with E-state index < -0.39 is 24.5 Å². The molecule has 2 N–H and O–H groups in total. The maximum Gasteiger partial charge on any atom is 0.321 e. The third-order valence-corrected chi connectivity index (χ3v) is 5.42. The van der Waals surface area contributed by atoms with Gasteiger partial charge in [0.2, 0.25) is 0 Å². The first-order valence-corrected chi connectivity index (χ1v) is 10.4. The number of urea groups is 1. The van der Waals surface area contributed by atoms with E-state index in [1.54, 1.807) is 4.52 Å². The lowest BCUT2D eigenvalue weighted by Gasteiger charge is -2.22. The lowest BCUT2D eigenvalue weighted by Crippen LogP contribution is -2.46. The van der Waals surface area contributed by atoms with Crippen molar-refractivity contribution in [2.45, 2.75) is 71.8 Å². The Labute approximate surface area is 175 Å². The van der Waals surface area contributed by atoms with Crippen LogP contribution >= 0.6 is 0 Å². The largest absolute Gasteiger partial charge is 0.456 e. The van der Waals surface area contributed by atoms with Crippen molar-refractivity contribution in [1.29, 1.82) is 0 Å². The van der Waals surface area contributed by atoms with Crippen LogP contribution in [0.4, 0.5) is 4.79 Å². The number of fused-ring (bicyclic) bond motifs is 1. The molecule has 9 nitrogen and oxygen atoms in total. The molecule has 2 heterocycles. The molecule has 1 saturated carbocycles. The zero-order valence-electron chi connectivity index (χ0n) is 17.8. The van der Waals surface area contributed by atoms with Gasteiger partial charge in [0.1, 0.15) is 0 Å². The molecule has 0 radical (unpaired) electrons. The molecule has 0 atom stereocenters. The number of nitrogens with zero attached hydrogens (tertiary/aromatic N) is 3. The highest BCUT2D eigenvalue weighted by atomic mass is 16.5. The number of carbonyl (C=O) groups excluding carboxylic acids is 3. The number of aryl methyl sites for hydroxylation is 3. The quantitative estimate of drug-likeness (QED) is 0.700. The summed E-state index contributed by atoms with van der Waals surface area (Å²) in [5.41, 5.74) is 4.34. The van der Waals surface area contributed by atoms with E-state index in [4.69, 9.17) is 4.74 Å². The van der Waals surface area contributed by atoms with Gasteiger partial charge in [0.05, 0.1) is 5.69 Å². The van der Waals surface area contributed by atoms with Crippen molar-refractivity contribution >= 4 is 23.6 Å². The average Bonchev–Trinajstić information content (AvgIpc) is 3.07. The van der Waals surface area contributed by atoms with Crippen LogP contribution in [0.3, 0.4) is 0 Å². The molecule has 2 aromatic heterocycles. The second-order valence-electron chi connectivity index (χ2n) is 7.83. The van der Waals surface area contributed by atoms with Crippen LogP contribution in [0.2, 0.25) is 0 Å². The van der Waals surface area contributed by atoms with Gasteiger partial charge in [0.25, 0.3) is 5.91 Å². The van der Waals surface area contributed by atoms with Crippen molar-refractivity contribution < 1.29 is 19.1 Å². The van der Waals surface area contributed by atoms with Gasteiger partial charge >= 0.3 is 12.0 Å². The van der Waals surface area contributed by atoms with Crippen LogP contribution < -0.4 is 10.6 Å². The van der Waals surface area contributed by atoms with Gasteiger partial charge in [-0.25, -0.2) is 14.3 Å². The Hall–Kier alpha value is -2.97. The highest BCUT2D eigenvalue weighted by Gasteiger charge is 2.18. The van der Waals surface area contributed by atoms with Gasteiger partial charge in [-0.1, -0.05) is 19.3 Å². The SMILES string of the molecule is Cc1cc2nc(C)c(CCC(=O)OCC(=O)NC(=O)NC3CCCCC3)c(C)n2n1. The van der Waals surface area contributed by atoms with Crippen molar-refractivity contribution in [3.8, 4) is 0 Å². The molecule has 30 heavy (non-hydrogen) atoms. The molecular weight excluding hydrogens is 386 g/mol. The summed E-state index contributed by atoms with van der Waals surface area (Å²) in [4.78, 5) is 40.3. The number of rotatable bonds is 6. The van der Waals surface area contributed by atoms with Crippen molar-refractivity contribution in [3.05, 3.63) is 28.7 Å². The van der Waals surface area contributed by atoms with Crippen molar-refractivity contribution in [2.24, 2.45) is 0 Å². The number of hydrogen-bond donors (Lipinski definition) is 2. The summed E-state index contributed by atoms with van der Waals surface area (Å²) in [5.74, 6) is -1.15. The van der Waals surface area contributed by atoms with Gasteiger partial charge in [0, 0.05) is 29.9 Å². The molecule has 0 aliphatic heterocycles. The van der Waals surface area contributed by atoms with Gasteiger partial charge < -0.3 is 10.1 Å². The Morgan fingerprint density at radius 3 is 2.63 bits per heavy atom. The van der Waals surface area contributed by atoms with E-state index in [2.05, 4.69) is 20.7 Å². The molecule has 1 aliphatic carbocycles. The van der Waals surface area contributed by atoms with Crippen LogP contribution in [0.5, 0.6) is 0 Å². The highest BCUT2D eigenvalue weighted by Crippen LogP contribution is 2.18. The molecule has 2 aromatic rings. The number of nitrogens with one attached hydrogen (secondary N) is 2. The summed E-state index contributed by atoms with van der Waals surface area (Å²) in [7, 11) is 0. The van der Waals surface area contributed by atoms with E-state index in [1.165, 1.54) is 6.42 Å². The minimum atomic E-state index is -0.640. The molecule has 0 unspecified atom stereocenters. The summed E-state index contributed by atoms with van der Waals surface area (Å²) in [6, 6.07) is 1.47. The molecule has 0 spiro atoms. The Morgan fingerprint density at radius 2 is 1.90 bits per heavy atom. The van der Waals surface area contributed by atoms with Gasteiger partial charge in [0.15, 0.2) is 12.3 Å². The van der Waals surface area contributed by atoms with E-state index in [-0.39, 0.29) is 12.5 Å². The Balaban J connectivity index is 1.44. The number of aromatic nitrogens is 3. The van der Waals surface area contributed by atoms with Crippen LogP contribution in [-0.4, -0.2) is 45.2 Å². The number of hydrogen-bond acceptors (Lipinski definition) is 6. The fourth-order valence-corrected chi connectivity index (χ4v) is 3.88. The predicted octanol–water partition coefficient (Wildman–Crippen LogP) is 2.29. The molecule has 0 bridgehead atoms. The molecule has 0 aromatic carbocycles. The predicted molar refractivity (Wildman–Crippen MR) is 110 cm³/mol. The van der Waals surface area contributed by atoms with Gasteiger partial charge in [-0.2, -0.15) is 5.10 Å². The molecule has 1 fully saturated rings. The van der Waals surface area contributed by atoms with E-state index in [1.807, 2.05) is 26.8 Å². The van der Waals surface area contributed by atoms with Gasteiger partial charge in [-0.3, -0.25) is 14.9 Å². The summed E-state index contributed by atoms with van der Waals surface area (Å²) >= 11 is 0. The van der Waals surface area contributed by atoms with Crippen LogP contribution in [0, 0.1) is 20.8 Å². The summed E-state index contributed by atoms with van der Waals surface area (Å²) < 4.78 is 6.78. The molecule has 1 aliphatic rings. The number of imide groups is 1. The fourth-order valence-electron chi connectivity index (χ4n) is 3.88. The molecular formula is C21H29N5O4. The van der Waals surface area contributed by atoms with Gasteiger partial charge in [-0.05, 0) is 45.6 Å². The van der Waals surface area contributed by atoms with Crippen LogP contribution in [0.1, 0.15) is 61.2 Å². The van der Waals surface area contributed by atoms with E-state index in [0.717, 1.165) is 54.0 Å². The molecule has 3 amide bonds. The summed E-state index contributed by atoms with van der Waals surface area (Å²) in [5, 5.41) is 9.41. The zero-order valence-corrected chi connectivity index (χ0v) is 17.8. The minimum absolute atomic E-state index is 0.102. The fraction of sp³-hybridized carbons (Fsp3) is 0.571. The topological polar surface area (TPSA) is 115 Å². The molecule has 3 rings (SSSR count). The lowest BCUT2D eigenvalue weighted by molar-refractivity contribution is -0.148. The maximum absolute atomic E-state index is 12.1. The van der Waals surface area contributed by atoms with Crippen molar-refractivity contribution in [2.75, 3.05) is 6.61 Å². The third kappa shape index (κ3) is 5.55. The smallest absolute Gasteiger partial charge is 0.321 e. The number of ether oxygens (including phenoxy) is 1. The minimum Gasteiger partial charge on any atom is -0.456 e. The van der Waals surface area contributed by atoms with E-state index >= 15 is 0 Å². The van der Waals surface area contributed by atoms with Crippen molar-refractivity contribution in [1.82, 2.24) is 25.2 Å². The summed E-state index contributed by atoms with van der Waals surface area (Å²) in [6.07, 6.45) is 5.73. The maximum atomic E-state index is 12.1. The number of amides is 3. The standard InChI is InChI=1S/C21H29N5O4/c1-13-11-18-22-14(2)17(15(3)26(18)25-13)9-10-20(28)30-12-19(27)24-21(29)23-16-7-5-4-6-8-16/h11,16H,4-10,12H2,1-3H3,(H2,23,24,27,29). The normalized spacial score (nSPS) is 14.5. The Bertz CT molecular complexity index is 947. The first-order chi connectivity index (χ1) is 14.3. The molecule has 0 saturated heterocycles. The van der Waals surface area contributed by atoms with E-state index in [0.29, 0.717) is 6.42 Å². The Morgan fingerprint density at radius 1 is 1.17 bits per heavy atom. The van der Waals surface area contributed by atoms with Crippen LogP contribution in [0.25, 0.3) is 5.65 Å². The third-order valence-electron chi connectivity index (χ3n) is 5.42. The molecule has 162 valence electrons. The zero-order chi connectivity index (χ0) is 21.7. The lowest BCUT2D eigenvalue weighted by atomic mass is 9.96. The summed E-state index contributed by atoms with van der Waals surface area (Å²) in [6.45, 7) is 5.26. The first kappa shape index (κ1) is 21.7. The monoisotopic (exact) mass is 415 g/mol. The first-order valence-electron chi connectivity index (χ1n) is 10.4. The van der Waals surface area contributed by atoms with Crippen LogP contribution in [0.15, 0.2) is 6.07 Å². The average molecular weight is 415 g/mol. The van der Waals surface area contributed by atoms with Gasteiger partial charge in [-0.15, -0.1) is 0 Å². The second kappa shape index (κ2) is 9.69. The second-order valence-corrected chi connectivity index (χ2v) is 7.83. The number of carbonyl (C=O) groups is 3. The number of esters is 1. The highest BCUT2D eigenvalue weighted by molar-refractivity contribution is 5.95. The molecule has 9 heteroatoms. The van der Waals surface area contributed by atoms with Crippen molar-refractivity contribution in [3.63, 3.8) is 0 Å².